The zero-order valence-electron chi connectivity index (χ0n) is 65.2. The number of nitrogens with zero attached hydrogens (tertiary/aromatic N) is 9. The molecule has 8 aliphatic heterocycles. The van der Waals surface area contributed by atoms with Crippen molar-refractivity contribution in [2.45, 2.75) is 110 Å². The number of hydrogen-bond donors (Lipinski definition) is 8. The van der Waals surface area contributed by atoms with E-state index in [0.717, 1.165) is 126 Å². The molecule has 0 saturated carbocycles. The third-order valence-corrected chi connectivity index (χ3v) is 22.4. The Kier molecular flexibility index (Phi) is 29.3. The van der Waals surface area contributed by atoms with Crippen LogP contribution in [0.3, 0.4) is 0 Å². The molecular formula is C86H103N17O8S2. The summed E-state index contributed by atoms with van der Waals surface area (Å²) in [5.41, 5.74) is 18.4. The fraction of sp³-hybridized carbons (Fsp3) is 0.384. The van der Waals surface area contributed by atoms with Crippen molar-refractivity contribution < 1.29 is 38.4 Å². The highest BCUT2D eigenvalue weighted by atomic mass is 32.1. The van der Waals surface area contributed by atoms with Crippen LogP contribution < -0.4 is 57.7 Å². The first kappa shape index (κ1) is 83.0. The number of benzene rings is 7. The van der Waals surface area contributed by atoms with E-state index in [1.54, 1.807) is 64.1 Å². The van der Waals surface area contributed by atoms with Crippen LogP contribution in [0.15, 0.2) is 152 Å². The number of rotatable bonds is 8. The molecule has 592 valence electrons. The zero-order valence-corrected chi connectivity index (χ0v) is 66.8. The number of nitrogens with two attached hydrogens (primary N) is 1. The predicted octanol–water partition coefficient (Wildman–Crippen LogP) is 11.1. The number of nitrogens with one attached hydrogen (secondary N) is 7. The Bertz CT molecular complexity index is 4700. The molecule has 0 bridgehead atoms. The van der Waals surface area contributed by atoms with Crippen molar-refractivity contribution in [1.29, 1.82) is 5.26 Å². The normalized spacial score (nSPS) is 18.2. The van der Waals surface area contributed by atoms with E-state index in [-0.39, 0.29) is 72.7 Å². The highest BCUT2D eigenvalue weighted by Gasteiger charge is 2.36. The van der Waals surface area contributed by atoms with Crippen LogP contribution in [0.2, 0.25) is 0 Å². The highest BCUT2D eigenvalue weighted by Crippen LogP contribution is 2.34. The Morgan fingerprint density at radius 3 is 1.38 bits per heavy atom. The molecule has 4 fully saturated rings. The van der Waals surface area contributed by atoms with Gasteiger partial charge < -0.3 is 82.2 Å². The SMILES string of the molecule is CN1CCCN(C(=S)[C@@H]2CCCN2)CC1.Cc1cc(C(=O)N2CCC(=O)Nc3ccccc32)ccc1C#N.Cc1cc(C(=O)N2CCC(=O)Nc3ccccc32)ccc1CN.Cc1cc(C(=O)N2CCC(=O)Nc3ccccc32)ccc1CNC(=O)N1CCC[C@H]1C(=S)N1CCCN(C)CC1.O=C1CCNc2ccccc2N1. The Labute approximate surface area is 672 Å². The summed E-state index contributed by atoms with van der Waals surface area (Å²) in [7, 11) is 4.33. The van der Waals surface area contributed by atoms with Crippen LogP contribution in [0.25, 0.3) is 0 Å². The van der Waals surface area contributed by atoms with E-state index in [9.17, 15) is 38.4 Å². The number of likely N-dealkylation sites (N-methyl/N-ethyl adjacent to an activating group) is 2. The number of nitriles is 1. The Morgan fingerprint density at radius 2 is 0.912 bits per heavy atom. The summed E-state index contributed by atoms with van der Waals surface area (Å²) < 4.78 is 0. The van der Waals surface area contributed by atoms with Gasteiger partial charge in [0.15, 0.2) is 0 Å². The zero-order chi connectivity index (χ0) is 80.1. The number of para-hydroxylation sites is 8. The maximum Gasteiger partial charge on any atom is 0.318 e. The minimum absolute atomic E-state index is 0.0441. The first-order valence-corrected chi connectivity index (χ1v) is 39.8. The molecule has 9 N–H and O–H groups in total. The van der Waals surface area contributed by atoms with Gasteiger partial charge in [0.1, 0.15) is 4.99 Å². The predicted molar refractivity (Wildman–Crippen MR) is 454 cm³/mol. The lowest BCUT2D eigenvalue weighted by Gasteiger charge is -2.32. The Balaban J connectivity index is 0.000000149. The van der Waals surface area contributed by atoms with Crippen LogP contribution in [-0.2, 0) is 32.3 Å². The average molecular weight is 1570 g/mol. The van der Waals surface area contributed by atoms with Crippen molar-refractivity contribution in [2.75, 3.05) is 147 Å². The van der Waals surface area contributed by atoms with Gasteiger partial charge in [-0.1, -0.05) is 85.1 Å². The molecule has 2 atom stereocenters. The monoisotopic (exact) mass is 1570 g/mol. The molecule has 7 aromatic rings. The topological polar surface area (TPSA) is 296 Å². The molecule has 113 heavy (non-hydrogen) atoms. The fourth-order valence-electron chi connectivity index (χ4n) is 14.9. The molecule has 9 amide bonds. The Hall–Kier alpha value is -11.0. The van der Waals surface area contributed by atoms with E-state index in [4.69, 9.17) is 35.4 Å². The molecule has 27 heteroatoms. The molecule has 15 rings (SSSR count). The van der Waals surface area contributed by atoms with E-state index < -0.39 is 0 Å². The summed E-state index contributed by atoms with van der Waals surface area (Å²) in [6.07, 6.45) is 7.96. The molecule has 0 radical (unpaired) electrons. The van der Waals surface area contributed by atoms with Gasteiger partial charge in [0.05, 0.1) is 74.2 Å². The molecule has 0 spiro atoms. The molecule has 0 aliphatic carbocycles. The number of fused-ring (bicyclic) bond motifs is 4. The molecular weight excluding hydrogens is 1460 g/mol. The summed E-state index contributed by atoms with van der Waals surface area (Å²) in [6, 6.07) is 48.2. The molecule has 4 saturated heterocycles. The molecule has 8 aliphatic rings. The molecule has 8 heterocycles. The summed E-state index contributed by atoms with van der Waals surface area (Å²) in [6.45, 7) is 18.5. The van der Waals surface area contributed by atoms with Crippen molar-refractivity contribution in [3.63, 3.8) is 0 Å². The number of hydrogen-bond acceptors (Lipinski definition) is 16. The second-order valence-corrected chi connectivity index (χ2v) is 30.2. The second-order valence-electron chi connectivity index (χ2n) is 29.3. The van der Waals surface area contributed by atoms with Gasteiger partial charge in [0.2, 0.25) is 23.6 Å². The number of anilines is 8. The number of thiocarbonyl (C=S) groups is 2. The second kappa shape index (κ2) is 40.0. The number of carbonyl (C=O) groups is 8. The number of likely N-dealkylation sites (tertiary alicyclic amines) is 1. The summed E-state index contributed by atoms with van der Waals surface area (Å²) in [5, 5.41) is 30.1. The first-order valence-electron chi connectivity index (χ1n) is 39.0. The molecule has 7 aromatic carbocycles. The molecule has 25 nitrogen and oxygen atoms in total. The third-order valence-electron chi connectivity index (χ3n) is 21.3. The smallest absolute Gasteiger partial charge is 0.318 e. The summed E-state index contributed by atoms with van der Waals surface area (Å²) >= 11 is 11.5. The van der Waals surface area contributed by atoms with Crippen molar-refractivity contribution in [3.8, 4) is 6.07 Å². The van der Waals surface area contributed by atoms with E-state index in [0.29, 0.717) is 109 Å². The number of urea groups is 1. The van der Waals surface area contributed by atoms with Crippen molar-refractivity contribution in [3.05, 3.63) is 202 Å². The van der Waals surface area contributed by atoms with Gasteiger partial charge in [-0.15, -0.1) is 0 Å². The van der Waals surface area contributed by atoms with Crippen LogP contribution in [0.1, 0.15) is 129 Å². The van der Waals surface area contributed by atoms with E-state index in [2.05, 4.69) is 77.0 Å². The lowest BCUT2D eigenvalue weighted by molar-refractivity contribution is -0.116. The van der Waals surface area contributed by atoms with Crippen LogP contribution in [-0.4, -0.2) is 200 Å². The number of carbonyl (C=O) groups excluding carboxylic acids is 8. The molecule has 0 aromatic heterocycles. The van der Waals surface area contributed by atoms with Crippen LogP contribution in [0.5, 0.6) is 0 Å². The molecule has 0 unspecified atom stereocenters. The minimum atomic E-state index is -0.179. The standard InChI is InChI=1S/C30H38N6O3S.C18H19N3O2.C18H15N3O2.C11H21N3S.C9H10N2O/c1-21-19-22(28(38)35-16-12-27(37)32-24-7-3-4-8-25(24)35)10-11-23(21)20-31-30(39)36-15-5-9-26(36)29(40)34-14-6-13-33(2)17-18-34;2*1-12-10-13(6-7-14(12)11-19)18(23)21-9-8-17(22)20-15-4-2-3-5-16(15)21;1-13-6-3-7-14(9-8-13)11(15)10-4-2-5-12-10;12-9-5-6-10-7-3-1-2-4-8(7)11-9/h3-4,7-8,10-11,19,26H,5-6,9,12-18,20H2,1-2H3,(H,31,39)(H,32,37);2-7,10H,8-9,11,19H2,1H3,(H,20,22);2-7,10H,8-9H2,1H3,(H,20,22);10,12H,2-9H2,1H3;1-4,10H,5-6H2,(H,11,12)/t26-;;;10-;/m0..0./s1. The summed E-state index contributed by atoms with van der Waals surface area (Å²) in [4.78, 5) is 118. The van der Waals surface area contributed by atoms with Gasteiger partial charge in [-0.25, -0.2) is 4.79 Å². The third kappa shape index (κ3) is 21.8. The summed E-state index contributed by atoms with van der Waals surface area (Å²) in [5.74, 6) is -0.665. The lowest BCUT2D eigenvalue weighted by Crippen LogP contribution is -2.50. The van der Waals surface area contributed by atoms with Crippen molar-refractivity contribution in [2.24, 2.45) is 5.73 Å². The maximum atomic E-state index is 13.5. The van der Waals surface area contributed by atoms with E-state index in [1.165, 1.54) is 25.8 Å². The largest absolute Gasteiger partial charge is 0.383 e. The first-order chi connectivity index (χ1) is 54.6. The number of aryl methyl sites for hydroxylation is 3. The quantitative estimate of drug-likeness (QED) is 0.0656. The number of amides is 9. The maximum absolute atomic E-state index is 13.5. The van der Waals surface area contributed by atoms with Crippen LogP contribution >= 0.6 is 24.4 Å². The van der Waals surface area contributed by atoms with Gasteiger partial charge >= 0.3 is 6.03 Å². The van der Waals surface area contributed by atoms with E-state index >= 15 is 0 Å². The van der Waals surface area contributed by atoms with E-state index in [1.807, 2.05) is 128 Å². The van der Waals surface area contributed by atoms with Crippen LogP contribution in [0.4, 0.5) is 50.3 Å². The van der Waals surface area contributed by atoms with Gasteiger partial charge in [0, 0.05) is 127 Å². The minimum Gasteiger partial charge on any atom is -0.383 e. The van der Waals surface area contributed by atoms with Gasteiger partial charge in [-0.05, 0) is 212 Å². The highest BCUT2D eigenvalue weighted by molar-refractivity contribution is 7.80. The van der Waals surface area contributed by atoms with Crippen molar-refractivity contribution in [1.82, 2.24) is 35.1 Å². The average Bonchev–Trinajstić information content (AvgIpc) is 1.80. The Morgan fingerprint density at radius 1 is 0.469 bits per heavy atom. The fourth-order valence-corrected chi connectivity index (χ4v) is 15.7. The van der Waals surface area contributed by atoms with Gasteiger partial charge in [0.25, 0.3) is 17.7 Å². The lowest BCUT2D eigenvalue weighted by atomic mass is 10.0. The van der Waals surface area contributed by atoms with Crippen molar-refractivity contribution >= 4 is 127 Å². The van der Waals surface area contributed by atoms with Gasteiger partial charge in [-0.3, -0.25) is 33.6 Å². The van der Waals surface area contributed by atoms with Gasteiger partial charge in [-0.2, -0.15) is 5.26 Å². The van der Waals surface area contributed by atoms with Crippen LogP contribution in [0, 0.1) is 32.1 Å².